The number of thiol groups is 1. The molecule has 1 saturated heterocycles. The number of hydrogen-bond donors (Lipinski definition) is 2. The second-order valence-electron chi connectivity index (χ2n) is 6.60. The molecule has 1 aromatic heterocycles. The molecule has 1 aliphatic rings. The van der Waals surface area contributed by atoms with Gasteiger partial charge in [-0.1, -0.05) is 12.1 Å². The summed E-state index contributed by atoms with van der Waals surface area (Å²) in [5.41, 5.74) is 6.51. The zero-order chi connectivity index (χ0) is 18.0. The van der Waals surface area contributed by atoms with Crippen LogP contribution < -0.4 is 5.73 Å². The molecule has 1 fully saturated rings. The van der Waals surface area contributed by atoms with E-state index in [1.807, 2.05) is 48.1 Å². The molecule has 2 heterocycles. The van der Waals surface area contributed by atoms with Crippen molar-refractivity contribution in [1.29, 1.82) is 0 Å². The van der Waals surface area contributed by atoms with E-state index in [-0.39, 0.29) is 12.5 Å². The summed E-state index contributed by atoms with van der Waals surface area (Å²) in [6.07, 6.45) is 6.27. The minimum absolute atomic E-state index is 0.0271. The van der Waals surface area contributed by atoms with Crippen molar-refractivity contribution in [3.63, 3.8) is 0 Å². The average Bonchev–Trinajstić information content (AvgIpc) is 2.87. The van der Waals surface area contributed by atoms with Crippen LogP contribution in [0.1, 0.15) is 12.0 Å². The smallest absolute Gasteiger partial charge is 0.236 e. The number of pyridine rings is 1. The number of carbonyl (C=O) groups excluding carboxylic acids is 1. The van der Waals surface area contributed by atoms with Crippen molar-refractivity contribution in [2.45, 2.75) is 18.2 Å². The molecule has 0 spiro atoms. The van der Waals surface area contributed by atoms with E-state index in [2.05, 4.69) is 4.98 Å². The molecule has 1 amide bonds. The molecule has 0 saturated carbocycles. The lowest BCUT2D eigenvalue weighted by Crippen LogP contribution is -2.41. The first kappa shape index (κ1) is 18.0. The topological polar surface area (TPSA) is 79.5 Å². The zero-order valence-corrected chi connectivity index (χ0v) is 15.7. The summed E-state index contributed by atoms with van der Waals surface area (Å²) in [4.78, 5) is 18.8. The lowest BCUT2D eigenvalue weighted by molar-refractivity contribution is -0.129. The van der Waals surface area contributed by atoms with Crippen LogP contribution in [0.5, 0.6) is 0 Å². The number of nitrogens with zero attached hydrogens (tertiary/aromatic N) is 3. The number of benzene rings is 1. The van der Waals surface area contributed by atoms with Gasteiger partial charge in [0.2, 0.25) is 5.91 Å². The normalized spacial score (nSPS) is 17.5. The van der Waals surface area contributed by atoms with Crippen molar-refractivity contribution in [2.75, 3.05) is 39.0 Å². The highest BCUT2D eigenvalue weighted by atomic mass is 32.3. The number of aromatic nitrogens is 1. The molecule has 25 heavy (non-hydrogen) atoms. The highest BCUT2D eigenvalue weighted by Gasteiger charge is 2.27. The Bertz CT molecular complexity index is 834. The summed E-state index contributed by atoms with van der Waals surface area (Å²) in [6, 6.07) is 5.91. The van der Waals surface area contributed by atoms with Gasteiger partial charge in [-0.15, -0.1) is 0 Å². The average molecular weight is 362 g/mol. The summed E-state index contributed by atoms with van der Waals surface area (Å²) in [6.45, 7) is 4.58. The first-order chi connectivity index (χ1) is 11.9. The van der Waals surface area contributed by atoms with E-state index < -0.39 is 10.1 Å². The summed E-state index contributed by atoms with van der Waals surface area (Å²) in [5.74, 6) is -0.0418. The highest BCUT2D eigenvalue weighted by Crippen LogP contribution is 2.31. The van der Waals surface area contributed by atoms with Gasteiger partial charge in [-0.25, -0.2) is 4.31 Å². The third-order valence-corrected chi connectivity index (χ3v) is 7.68. The van der Waals surface area contributed by atoms with Crippen LogP contribution in [0.2, 0.25) is 0 Å². The Morgan fingerprint density at radius 2 is 2.04 bits per heavy atom. The molecule has 0 unspecified atom stereocenters. The molecule has 1 aromatic carbocycles. The third kappa shape index (κ3) is 3.44. The van der Waals surface area contributed by atoms with Gasteiger partial charge in [-0.2, -0.15) is 0 Å². The van der Waals surface area contributed by atoms with Gasteiger partial charge in [0.15, 0.2) is 0 Å². The van der Waals surface area contributed by atoms with Gasteiger partial charge in [0.1, 0.15) is 0 Å². The number of nitrogens with two attached hydrogens (primary N) is 1. The van der Waals surface area contributed by atoms with Crippen LogP contribution in [-0.2, 0) is 14.9 Å². The predicted molar refractivity (Wildman–Crippen MR) is 102 cm³/mol. The standard InChI is InChI=1S/C18H26N4O2S/c1-14-12-20-13-15-5-3-6-16(18(14)15)25(2,24)22-8-4-7-21(9-10-22)17(23)11-19/h3,5-6,12-13,25H,4,7-11,19H2,1-2H3. The van der Waals surface area contributed by atoms with Crippen LogP contribution in [0.3, 0.4) is 0 Å². The Morgan fingerprint density at radius 1 is 1.24 bits per heavy atom. The number of amides is 1. The van der Waals surface area contributed by atoms with Gasteiger partial charge in [0.25, 0.3) is 0 Å². The minimum atomic E-state index is -2.75. The van der Waals surface area contributed by atoms with Gasteiger partial charge < -0.3 is 10.6 Å². The van der Waals surface area contributed by atoms with E-state index in [9.17, 15) is 9.00 Å². The van der Waals surface area contributed by atoms with Crippen LogP contribution in [0.15, 0.2) is 35.5 Å². The molecule has 2 aromatic rings. The Labute approximate surface area is 149 Å². The van der Waals surface area contributed by atoms with E-state index in [4.69, 9.17) is 5.73 Å². The van der Waals surface area contributed by atoms with E-state index in [1.54, 1.807) is 4.90 Å². The third-order valence-electron chi connectivity index (χ3n) is 4.94. The maximum absolute atomic E-state index is 13.8. The zero-order valence-electron chi connectivity index (χ0n) is 14.8. The van der Waals surface area contributed by atoms with Gasteiger partial charge in [0, 0.05) is 60.5 Å². The molecule has 136 valence electrons. The van der Waals surface area contributed by atoms with Gasteiger partial charge in [-0.3, -0.25) is 14.0 Å². The molecular formula is C18H26N4O2S. The van der Waals surface area contributed by atoms with Crippen LogP contribution >= 0.6 is 0 Å². The molecule has 0 aliphatic carbocycles. The van der Waals surface area contributed by atoms with Crippen molar-refractivity contribution in [3.8, 4) is 0 Å². The Kier molecular flexibility index (Phi) is 5.17. The molecule has 1 aliphatic heterocycles. The molecule has 0 bridgehead atoms. The number of hydrogen-bond acceptors (Lipinski definition) is 4. The largest absolute Gasteiger partial charge is 0.340 e. The van der Waals surface area contributed by atoms with E-state index >= 15 is 0 Å². The lowest BCUT2D eigenvalue weighted by atomic mass is 10.1. The van der Waals surface area contributed by atoms with Gasteiger partial charge >= 0.3 is 0 Å². The quantitative estimate of drug-likeness (QED) is 0.797. The number of carbonyl (C=O) groups is 1. The van der Waals surface area contributed by atoms with Crippen LogP contribution in [0, 0.1) is 6.92 Å². The number of aryl methyl sites for hydroxylation is 1. The second kappa shape index (κ2) is 7.19. The van der Waals surface area contributed by atoms with Crippen molar-refractivity contribution >= 4 is 26.8 Å². The minimum Gasteiger partial charge on any atom is -0.340 e. The molecule has 0 atom stereocenters. The lowest BCUT2D eigenvalue weighted by Gasteiger charge is -2.34. The van der Waals surface area contributed by atoms with Crippen molar-refractivity contribution in [1.82, 2.24) is 14.2 Å². The molecule has 3 rings (SSSR count). The summed E-state index contributed by atoms with van der Waals surface area (Å²) in [5, 5.41) is 2.04. The Morgan fingerprint density at radius 3 is 2.80 bits per heavy atom. The Balaban J connectivity index is 1.95. The van der Waals surface area contributed by atoms with Gasteiger partial charge in [0.05, 0.1) is 6.54 Å². The van der Waals surface area contributed by atoms with E-state index in [0.29, 0.717) is 26.2 Å². The van der Waals surface area contributed by atoms with Crippen LogP contribution in [0.4, 0.5) is 0 Å². The monoisotopic (exact) mass is 362 g/mol. The Hall–Kier alpha value is -1.83. The first-order valence-corrected chi connectivity index (χ1v) is 10.7. The SMILES string of the molecule is Cc1cncc2cccc([SH](C)(=O)N3CCCN(C(=O)CN)CC3)c12. The van der Waals surface area contributed by atoms with Crippen molar-refractivity contribution < 1.29 is 9.00 Å². The van der Waals surface area contributed by atoms with Gasteiger partial charge in [-0.05, 0) is 35.1 Å². The summed E-state index contributed by atoms with van der Waals surface area (Å²) >= 11 is 0. The highest BCUT2D eigenvalue weighted by molar-refractivity contribution is 8.00. The molecule has 7 heteroatoms. The molecule has 6 nitrogen and oxygen atoms in total. The van der Waals surface area contributed by atoms with E-state index in [1.165, 1.54) is 0 Å². The molecule has 2 N–H and O–H groups in total. The fourth-order valence-corrected chi connectivity index (χ4v) is 5.93. The summed E-state index contributed by atoms with van der Waals surface area (Å²) < 4.78 is 15.9. The maximum atomic E-state index is 13.8. The number of fused-ring (bicyclic) bond motifs is 1. The van der Waals surface area contributed by atoms with E-state index in [0.717, 1.165) is 27.7 Å². The van der Waals surface area contributed by atoms with Crippen molar-refractivity contribution in [2.24, 2.45) is 5.73 Å². The maximum Gasteiger partial charge on any atom is 0.236 e. The molecular weight excluding hydrogens is 336 g/mol. The second-order valence-corrected chi connectivity index (χ2v) is 9.41. The van der Waals surface area contributed by atoms with Crippen LogP contribution in [0.25, 0.3) is 10.8 Å². The number of rotatable bonds is 3. The molecule has 0 radical (unpaired) electrons. The fourth-order valence-electron chi connectivity index (χ4n) is 3.55. The first-order valence-electron chi connectivity index (χ1n) is 8.60. The predicted octanol–water partition coefficient (Wildman–Crippen LogP) is 0.957. The van der Waals surface area contributed by atoms with Crippen molar-refractivity contribution in [3.05, 3.63) is 36.2 Å². The summed E-state index contributed by atoms with van der Waals surface area (Å²) in [7, 11) is -2.75. The van der Waals surface area contributed by atoms with Crippen LogP contribution in [-0.4, -0.2) is 63.3 Å². The fraction of sp³-hybridized carbons (Fsp3) is 0.444.